The van der Waals surface area contributed by atoms with Crippen molar-refractivity contribution in [1.29, 1.82) is 0 Å². The van der Waals surface area contributed by atoms with Gasteiger partial charge in [-0.25, -0.2) is 0 Å². The fourth-order valence-electron chi connectivity index (χ4n) is 5.11. The standard InChI is InChI=1S/C35H63N9O10/c1-6-7-8-9-10-11-12-16-27(47)39-19-17-28(48)42-24(15-13-14-18-36)32(51)44-29(23(4)45)34(53)41-22(3)31(50)43-25(20-26(37)46)33(52)40-21(2)30(49)35(54)38-5/h21-25,29,45H,6-20,36H2,1-5H3,(H2,37,46)(H,38,54)(H,39,47)(H,40,52)(H,41,53)(H,42,48)(H,43,50)(H,44,51)/t21?,22-,23+,24-,25-,29-/m0/s1. The van der Waals surface area contributed by atoms with Crippen molar-refractivity contribution in [3.63, 3.8) is 0 Å². The molecule has 0 aromatic rings. The zero-order chi connectivity index (χ0) is 41.2. The Morgan fingerprint density at radius 2 is 1.22 bits per heavy atom. The molecule has 0 fully saturated rings. The van der Waals surface area contributed by atoms with Gasteiger partial charge in [-0.3, -0.25) is 43.2 Å². The molecule has 308 valence electrons. The number of carbonyl (C=O) groups excluding carboxylic acids is 9. The fourth-order valence-corrected chi connectivity index (χ4v) is 5.11. The number of nitrogens with two attached hydrogens (primary N) is 2. The van der Waals surface area contributed by atoms with Crippen molar-refractivity contribution >= 4 is 53.0 Å². The van der Waals surface area contributed by atoms with Crippen LogP contribution in [-0.4, -0.2) is 115 Å². The molecule has 6 atom stereocenters. The molecule has 0 heterocycles. The number of hydrogen-bond acceptors (Lipinski definition) is 11. The number of amides is 8. The van der Waals surface area contributed by atoms with E-state index in [0.29, 0.717) is 25.8 Å². The highest BCUT2D eigenvalue weighted by atomic mass is 16.3. The van der Waals surface area contributed by atoms with Gasteiger partial charge in [0.15, 0.2) is 0 Å². The summed E-state index contributed by atoms with van der Waals surface area (Å²) in [6.07, 6.45) is 6.73. The lowest BCUT2D eigenvalue weighted by Crippen LogP contribution is -2.60. The van der Waals surface area contributed by atoms with Crippen LogP contribution in [0.3, 0.4) is 0 Å². The molecule has 0 bridgehead atoms. The molecule has 0 radical (unpaired) electrons. The summed E-state index contributed by atoms with van der Waals surface area (Å²) in [6, 6.07) is -6.99. The third-order valence-electron chi connectivity index (χ3n) is 8.34. The van der Waals surface area contributed by atoms with Gasteiger partial charge in [0, 0.05) is 26.4 Å². The first-order valence-corrected chi connectivity index (χ1v) is 18.7. The van der Waals surface area contributed by atoms with Crippen LogP contribution in [0, 0.1) is 0 Å². The minimum Gasteiger partial charge on any atom is -0.391 e. The second-order valence-electron chi connectivity index (χ2n) is 13.2. The van der Waals surface area contributed by atoms with Crippen LogP contribution in [-0.2, 0) is 43.2 Å². The fraction of sp³-hybridized carbons (Fsp3) is 0.743. The number of unbranched alkanes of at least 4 members (excludes halogenated alkanes) is 7. The summed E-state index contributed by atoms with van der Waals surface area (Å²) in [6.45, 7) is 6.22. The van der Waals surface area contributed by atoms with Crippen molar-refractivity contribution in [1.82, 2.24) is 37.2 Å². The van der Waals surface area contributed by atoms with Crippen LogP contribution in [0.5, 0.6) is 0 Å². The van der Waals surface area contributed by atoms with E-state index in [2.05, 4.69) is 44.1 Å². The van der Waals surface area contributed by atoms with E-state index in [4.69, 9.17) is 11.5 Å². The number of likely N-dealkylation sites (N-methyl/N-ethyl adjacent to an activating group) is 1. The van der Waals surface area contributed by atoms with Gasteiger partial charge in [-0.15, -0.1) is 0 Å². The number of hydrogen-bond donors (Lipinski definition) is 10. The maximum Gasteiger partial charge on any atom is 0.289 e. The zero-order valence-corrected chi connectivity index (χ0v) is 32.3. The molecular weight excluding hydrogens is 706 g/mol. The molecule has 0 aliphatic rings. The Bertz CT molecular complexity index is 1260. The molecule has 19 heteroatoms. The molecule has 54 heavy (non-hydrogen) atoms. The molecule has 19 nitrogen and oxygen atoms in total. The van der Waals surface area contributed by atoms with E-state index in [1.807, 2.05) is 0 Å². The highest BCUT2D eigenvalue weighted by Gasteiger charge is 2.33. The molecule has 1 unspecified atom stereocenters. The average Bonchev–Trinajstić information content (AvgIpc) is 3.11. The van der Waals surface area contributed by atoms with Crippen LogP contribution >= 0.6 is 0 Å². The second-order valence-corrected chi connectivity index (χ2v) is 13.2. The Hall–Kier alpha value is -4.65. The average molecular weight is 770 g/mol. The Balaban J connectivity index is 5.35. The van der Waals surface area contributed by atoms with Crippen LogP contribution in [0.2, 0.25) is 0 Å². The molecule has 0 aromatic carbocycles. The number of aliphatic hydroxyl groups is 1. The highest BCUT2D eigenvalue weighted by molar-refractivity contribution is 6.38. The predicted molar refractivity (Wildman–Crippen MR) is 199 cm³/mol. The van der Waals surface area contributed by atoms with Crippen LogP contribution in [0.25, 0.3) is 0 Å². The van der Waals surface area contributed by atoms with E-state index < -0.39 is 89.9 Å². The van der Waals surface area contributed by atoms with Crippen LogP contribution < -0.4 is 48.7 Å². The lowest BCUT2D eigenvalue weighted by Gasteiger charge is -2.26. The van der Waals surface area contributed by atoms with Gasteiger partial charge in [0.25, 0.3) is 5.91 Å². The number of carbonyl (C=O) groups is 9. The van der Waals surface area contributed by atoms with Crippen molar-refractivity contribution in [2.24, 2.45) is 11.5 Å². The second kappa shape index (κ2) is 27.9. The molecule has 8 amide bonds. The number of nitrogens with one attached hydrogen (secondary N) is 7. The van der Waals surface area contributed by atoms with Crippen molar-refractivity contribution in [3.8, 4) is 0 Å². The molecule has 0 aliphatic carbocycles. The van der Waals surface area contributed by atoms with Crippen LogP contribution in [0.4, 0.5) is 0 Å². The van der Waals surface area contributed by atoms with Crippen molar-refractivity contribution in [2.75, 3.05) is 20.1 Å². The molecule has 12 N–H and O–H groups in total. The topological polar surface area (TPSA) is 310 Å². The van der Waals surface area contributed by atoms with E-state index in [0.717, 1.165) is 25.7 Å². The third kappa shape index (κ3) is 21.2. The number of primary amides is 1. The summed E-state index contributed by atoms with van der Waals surface area (Å²) < 4.78 is 0. The van der Waals surface area contributed by atoms with E-state index in [9.17, 15) is 48.3 Å². The zero-order valence-electron chi connectivity index (χ0n) is 32.3. The first-order valence-electron chi connectivity index (χ1n) is 18.7. The minimum absolute atomic E-state index is 0.0616. The van der Waals surface area contributed by atoms with Gasteiger partial charge in [-0.1, -0.05) is 45.4 Å². The lowest BCUT2D eigenvalue weighted by atomic mass is 10.1. The molecule has 0 aliphatic heterocycles. The number of ketones is 1. The van der Waals surface area contributed by atoms with Gasteiger partial charge >= 0.3 is 0 Å². The minimum atomic E-state index is -1.59. The van der Waals surface area contributed by atoms with Gasteiger partial charge in [0.05, 0.1) is 18.6 Å². The Morgan fingerprint density at radius 1 is 0.630 bits per heavy atom. The smallest absolute Gasteiger partial charge is 0.289 e. The molecule has 0 spiro atoms. The molecular formula is C35H63N9O10. The van der Waals surface area contributed by atoms with Gasteiger partial charge in [-0.2, -0.15) is 0 Å². The summed E-state index contributed by atoms with van der Waals surface area (Å²) in [5, 5.41) is 27.0. The predicted octanol–water partition coefficient (Wildman–Crippen LogP) is -2.20. The van der Waals surface area contributed by atoms with E-state index in [-0.39, 0.29) is 25.3 Å². The van der Waals surface area contributed by atoms with E-state index >= 15 is 0 Å². The van der Waals surface area contributed by atoms with Gasteiger partial charge in [-0.05, 0) is 53.0 Å². The van der Waals surface area contributed by atoms with Crippen LogP contribution in [0.1, 0.15) is 111 Å². The molecule has 0 saturated carbocycles. The summed E-state index contributed by atoms with van der Waals surface area (Å²) in [4.78, 5) is 112. The van der Waals surface area contributed by atoms with Crippen molar-refractivity contribution in [2.45, 2.75) is 147 Å². The largest absolute Gasteiger partial charge is 0.391 e. The summed E-state index contributed by atoms with van der Waals surface area (Å²) in [5.74, 6) is -7.39. The summed E-state index contributed by atoms with van der Waals surface area (Å²) in [5.41, 5.74) is 10.8. The molecule has 0 saturated heterocycles. The van der Waals surface area contributed by atoms with E-state index in [1.165, 1.54) is 47.1 Å². The van der Waals surface area contributed by atoms with E-state index in [1.54, 1.807) is 0 Å². The normalized spacial score (nSPS) is 14.1. The Kier molecular flexibility index (Phi) is 25.5. The first kappa shape index (κ1) is 49.4. The Morgan fingerprint density at radius 3 is 1.80 bits per heavy atom. The van der Waals surface area contributed by atoms with Crippen LogP contribution in [0.15, 0.2) is 0 Å². The number of aliphatic hydroxyl groups excluding tert-OH is 1. The van der Waals surface area contributed by atoms with Crippen molar-refractivity contribution in [3.05, 3.63) is 0 Å². The SMILES string of the molecule is CCCCCCCCCC(=O)NCCC(=O)N[C@@H](CCCCN)C(=O)N[C@H](C(=O)N[C@@H](C)C(=O)N[C@@H](CC(N)=O)C(=O)NC(C)C(=O)C(=O)NC)[C@@H](C)O. The first-order chi connectivity index (χ1) is 25.5. The van der Waals surface area contributed by atoms with Gasteiger partial charge < -0.3 is 53.8 Å². The maximum absolute atomic E-state index is 13.3. The van der Waals surface area contributed by atoms with Gasteiger partial charge in [0.2, 0.25) is 47.1 Å². The maximum atomic E-state index is 13.3. The lowest BCUT2D eigenvalue weighted by molar-refractivity contribution is -0.140. The summed E-state index contributed by atoms with van der Waals surface area (Å²) >= 11 is 0. The van der Waals surface area contributed by atoms with Gasteiger partial charge in [0.1, 0.15) is 24.2 Å². The van der Waals surface area contributed by atoms with Crippen molar-refractivity contribution < 1.29 is 48.3 Å². The Labute approximate surface area is 317 Å². The molecule has 0 aromatic heterocycles. The third-order valence-corrected chi connectivity index (χ3v) is 8.34. The number of Topliss-reactive ketones (excluding diaryl/α,β-unsaturated/α-hetero) is 1. The monoisotopic (exact) mass is 769 g/mol. The summed E-state index contributed by atoms with van der Waals surface area (Å²) in [7, 11) is 1.22. The number of rotatable bonds is 29. The highest BCUT2D eigenvalue weighted by Crippen LogP contribution is 2.09. The molecule has 0 rings (SSSR count). The quantitative estimate of drug-likeness (QED) is 0.0288.